The number of benzene rings is 11. The minimum absolute atomic E-state index is 0.927. The Morgan fingerprint density at radius 2 is 0.833 bits per heavy atom. The Morgan fingerprint density at radius 1 is 0.310 bits per heavy atom. The van der Waals surface area contributed by atoms with Gasteiger partial charge in [0.15, 0.2) is 0 Å². The van der Waals surface area contributed by atoms with Gasteiger partial charge in [0.2, 0.25) is 0 Å². The van der Waals surface area contributed by atoms with Crippen molar-refractivity contribution in [2.45, 2.75) is 0 Å². The third kappa shape index (κ3) is 2.20. The van der Waals surface area contributed by atoms with E-state index in [1.165, 1.54) is 108 Å². The van der Waals surface area contributed by atoms with Gasteiger partial charge in [0.05, 0.1) is 14.2 Å². The fraction of sp³-hybridized carbons (Fsp3) is 0.0500. The van der Waals surface area contributed by atoms with E-state index in [0.29, 0.717) is 0 Å². The van der Waals surface area contributed by atoms with Crippen LogP contribution in [0.15, 0.2) is 97.1 Å². The summed E-state index contributed by atoms with van der Waals surface area (Å²) in [6, 6.07) is 36.4. The highest BCUT2D eigenvalue weighted by Gasteiger charge is 2.25. The molecule has 0 fully saturated rings. The maximum absolute atomic E-state index is 6.07. The fourth-order valence-corrected chi connectivity index (χ4v) is 8.61. The third-order valence-corrected chi connectivity index (χ3v) is 10.2. The van der Waals surface area contributed by atoms with Crippen molar-refractivity contribution in [2.24, 2.45) is 0 Å². The van der Waals surface area contributed by atoms with Gasteiger partial charge >= 0.3 is 0 Å². The van der Waals surface area contributed by atoms with Crippen LogP contribution in [0.2, 0.25) is 0 Å². The van der Waals surface area contributed by atoms with Crippen molar-refractivity contribution < 1.29 is 9.47 Å². The SMILES string of the molecule is COc1cc2cccc3cc4ccc5c6c(cc1c(c23)c46)c1ccc2ccc3c(OC)cc4cccc6c4c3c2c1c65. The zero-order valence-corrected chi connectivity index (χ0v) is 23.1. The summed E-state index contributed by atoms with van der Waals surface area (Å²) in [6.45, 7) is 0. The van der Waals surface area contributed by atoms with Crippen LogP contribution < -0.4 is 9.47 Å². The Kier molecular flexibility index (Phi) is 3.53. The first-order valence-corrected chi connectivity index (χ1v) is 14.5. The predicted molar refractivity (Wildman–Crippen MR) is 179 cm³/mol. The molecule has 0 saturated carbocycles. The molecular formula is C40H22O2. The van der Waals surface area contributed by atoms with Crippen molar-refractivity contribution in [3.63, 3.8) is 0 Å². The van der Waals surface area contributed by atoms with Gasteiger partial charge < -0.3 is 9.47 Å². The molecule has 0 saturated heterocycles. The van der Waals surface area contributed by atoms with Crippen molar-refractivity contribution in [2.75, 3.05) is 14.2 Å². The standard InChI is InChI=1S/C40H22O2/c1-41-30-17-22-7-4-8-26-33(22)39-25(30)13-10-19-9-12-24-28-18-29-31(42-2)16-21-6-3-5-20-15-23-11-14-27(36(26)38(24)34(19)39)37(28)35(23)40(29)32(20)21/h3-18H,1-2H3. The predicted octanol–water partition coefficient (Wildman–Crippen LogP) is 11.0. The van der Waals surface area contributed by atoms with E-state index < -0.39 is 0 Å². The quantitative estimate of drug-likeness (QED) is 0.162. The van der Waals surface area contributed by atoms with Crippen LogP contribution in [0.1, 0.15) is 0 Å². The van der Waals surface area contributed by atoms with E-state index in [1.54, 1.807) is 14.2 Å². The number of fused-ring (bicyclic) bond motifs is 3. The van der Waals surface area contributed by atoms with E-state index in [-0.39, 0.29) is 0 Å². The molecular weight excluding hydrogens is 512 g/mol. The van der Waals surface area contributed by atoms with Gasteiger partial charge in [0, 0.05) is 21.5 Å². The smallest absolute Gasteiger partial charge is 0.127 e. The number of methoxy groups -OCH3 is 2. The van der Waals surface area contributed by atoms with Gasteiger partial charge in [0.25, 0.3) is 0 Å². The van der Waals surface area contributed by atoms with Gasteiger partial charge in [-0.25, -0.2) is 0 Å². The molecule has 11 aromatic rings. The average Bonchev–Trinajstić information content (AvgIpc) is 3.04. The van der Waals surface area contributed by atoms with Crippen LogP contribution in [0.25, 0.3) is 108 Å². The first kappa shape index (κ1) is 21.4. The zero-order valence-electron chi connectivity index (χ0n) is 23.1. The monoisotopic (exact) mass is 534 g/mol. The van der Waals surface area contributed by atoms with Crippen molar-refractivity contribution in [1.82, 2.24) is 0 Å². The maximum Gasteiger partial charge on any atom is 0.127 e. The van der Waals surface area contributed by atoms with Crippen molar-refractivity contribution in [3.8, 4) is 11.5 Å². The Morgan fingerprint density at radius 3 is 1.64 bits per heavy atom. The van der Waals surface area contributed by atoms with E-state index in [2.05, 4.69) is 97.1 Å². The molecule has 2 heteroatoms. The summed E-state index contributed by atoms with van der Waals surface area (Å²) in [5.41, 5.74) is 0. The van der Waals surface area contributed by atoms with Crippen LogP contribution in [0.5, 0.6) is 11.5 Å². The van der Waals surface area contributed by atoms with Crippen LogP contribution >= 0.6 is 0 Å². The molecule has 0 radical (unpaired) electrons. The number of hydrogen-bond acceptors (Lipinski definition) is 2. The lowest BCUT2D eigenvalue weighted by molar-refractivity contribution is 0.420. The van der Waals surface area contributed by atoms with Crippen molar-refractivity contribution in [1.29, 1.82) is 0 Å². The molecule has 42 heavy (non-hydrogen) atoms. The van der Waals surface area contributed by atoms with Crippen LogP contribution in [-0.4, -0.2) is 14.2 Å². The van der Waals surface area contributed by atoms with Crippen LogP contribution in [0, 0.1) is 0 Å². The van der Waals surface area contributed by atoms with E-state index in [4.69, 9.17) is 9.47 Å². The molecule has 0 aliphatic heterocycles. The molecule has 0 spiro atoms. The molecule has 0 N–H and O–H groups in total. The van der Waals surface area contributed by atoms with Crippen LogP contribution in [0.4, 0.5) is 0 Å². The van der Waals surface area contributed by atoms with E-state index in [1.807, 2.05) is 0 Å². The van der Waals surface area contributed by atoms with Gasteiger partial charge in [-0.15, -0.1) is 0 Å². The highest BCUT2D eigenvalue weighted by atomic mass is 16.5. The lowest BCUT2D eigenvalue weighted by Gasteiger charge is -2.24. The summed E-state index contributed by atoms with van der Waals surface area (Å²) >= 11 is 0. The number of ether oxygens (including phenoxy) is 2. The second-order valence-corrected chi connectivity index (χ2v) is 11.9. The Bertz CT molecular complexity index is 2910. The zero-order chi connectivity index (χ0) is 27.4. The first-order chi connectivity index (χ1) is 20.7. The Hall–Kier alpha value is -5.34. The minimum atomic E-state index is 0.927. The van der Waals surface area contributed by atoms with E-state index in [9.17, 15) is 0 Å². The molecule has 0 aromatic heterocycles. The lowest BCUT2D eigenvalue weighted by Crippen LogP contribution is -1.96. The molecule has 11 rings (SSSR count). The molecule has 0 aliphatic rings. The molecule has 2 nitrogen and oxygen atoms in total. The van der Waals surface area contributed by atoms with Gasteiger partial charge in [-0.1, -0.05) is 66.7 Å². The van der Waals surface area contributed by atoms with Crippen molar-refractivity contribution >= 4 is 108 Å². The van der Waals surface area contributed by atoms with Crippen LogP contribution in [0.3, 0.4) is 0 Å². The number of rotatable bonds is 2. The molecule has 0 aliphatic carbocycles. The fourth-order valence-electron chi connectivity index (χ4n) is 8.61. The summed E-state index contributed by atoms with van der Waals surface area (Å²) in [6.07, 6.45) is 0. The Balaban J connectivity index is 1.54. The summed E-state index contributed by atoms with van der Waals surface area (Å²) in [4.78, 5) is 0. The molecule has 194 valence electrons. The van der Waals surface area contributed by atoms with Gasteiger partial charge in [-0.05, 0) is 117 Å². The highest BCUT2D eigenvalue weighted by molar-refractivity contribution is 6.49. The summed E-state index contributed by atoms with van der Waals surface area (Å²) in [7, 11) is 3.57. The highest BCUT2D eigenvalue weighted by Crippen LogP contribution is 2.54. The number of hydrogen-bond donors (Lipinski definition) is 0. The van der Waals surface area contributed by atoms with Crippen molar-refractivity contribution in [3.05, 3.63) is 97.1 Å². The topological polar surface area (TPSA) is 18.5 Å². The third-order valence-electron chi connectivity index (χ3n) is 10.2. The lowest BCUT2D eigenvalue weighted by atomic mass is 9.79. The average molecular weight is 535 g/mol. The van der Waals surface area contributed by atoms with Gasteiger partial charge in [-0.3, -0.25) is 0 Å². The summed E-state index contributed by atoms with van der Waals surface area (Å²) < 4.78 is 12.0. The van der Waals surface area contributed by atoms with Gasteiger partial charge in [0.1, 0.15) is 11.5 Å². The van der Waals surface area contributed by atoms with Gasteiger partial charge in [-0.2, -0.15) is 0 Å². The molecule has 0 bridgehead atoms. The summed E-state index contributed by atoms with van der Waals surface area (Å²) in [5.74, 6) is 1.86. The molecule has 0 amide bonds. The second kappa shape index (κ2) is 6.92. The van der Waals surface area contributed by atoms with Crippen LogP contribution in [-0.2, 0) is 0 Å². The largest absolute Gasteiger partial charge is 0.496 e. The molecule has 0 heterocycles. The molecule has 0 unspecified atom stereocenters. The molecule has 11 aromatic carbocycles. The van der Waals surface area contributed by atoms with E-state index >= 15 is 0 Å². The maximum atomic E-state index is 6.07. The second-order valence-electron chi connectivity index (χ2n) is 11.9. The summed E-state index contributed by atoms with van der Waals surface area (Å²) in [5, 5.41) is 25.8. The Labute approximate surface area is 239 Å². The first-order valence-electron chi connectivity index (χ1n) is 14.5. The minimum Gasteiger partial charge on any atom is -0.496 e. The normalized spacial score (nSPS) is 13.0. The van der Waals surface area contributed by atoms with E-state index in [0.717, 1.165) is 11.5 Å². The molecule has 0 atom stereocenters.